The SMILES string of the molecule is CCC(C)C(=O)OCCCCOC(=O)CCc1cc(-c2cccc(-c3noc(-c4cc(-c5nc(-c6cccc(-c7noc(CCC(=O)OCCCCOC(=O)C(C)CC)n7)c6)no5)cc(-c5nc(-c6cccc(-c7noc(CCC(=O)OCCCCOC(=O)C(C)CC)n7)c6)no5)c4)n3)c2)co1. The second-order valence-corrected chi connectivity index (χ2v) is 24.3. The van der Waals surface area contributed by atoms with E-state index in [2.05, 4.69) is 35.8 Å². The minimum Gasteiger partial charge on any atom is -0.469 e. The van der Waals surface area contributed by atoms with Crippen molar-refractivity contribution in [3.05, 3.63) is 121 Å². The van der Waals surface area contributed by atoms with Crippen LogP contribution in [0, 0.1) is 17.8 Å². The molecule has 0 aliphatic rings. The second kappa shape index (κ2) is 36.7. The lowest BCUT2D eigenvalue weighted by Crippen LogP contribution is -2.15. The fourth-order valence-corrected chi connectivity index (χ4v) is 9.89. The van der Waals surface area contributed by atoms with Crippen LogP contribution in [-0.4, -0.2) is 126 Å². The van der Waals surface area contributed by atoms with Crippen molar-refractivity contribution in [3.8, 4) is 102 Å². The molecule has 3 unspecified atom stereocenters. The van der Waals surface area contributed by atoms with Crippen molar-refractivity contribution in [2.75, 3.05) is 39.6 Å². The van der Waals surface area contributed by atoms with Crippen LogP contribution in [0.25, 0.3) is 102 Å². The third-order valence-electron chi connectivity index (χ3n) is 16.6. The summed E-state index contributed by atoms with van der Waals surface area (Å²) in [5.41, 5.74) is 5.74. The van der Waals surface area contributed by atoms with Crippen molar-refractivity contribution in [2.24, 2.45) is 17.8 Å². The number of furan rings is 1. The van der Waals surface area contributed by atoms with E-state index in [-0.39, 0.29) is 172 Å². The molecule has 0 saturated carbocycles. The van der Waals surface area contributed by atoms with Gasteiger partial charge in [0.1, 0.15) is 5.76 Å². The zero-order valence-corrected chi connectivity index (χ0v) is 57.7. The van der Waals surface area contributed by atoms with Gasteiger partial charge in [0.15, 0.2) is 0 Å². The molecule has 4 aromatic carbocycles. The second-order valence-electron chi connectivity index (χ2n) is 24.3. The molecule has 0 fully saturated rings. The quantitative estimate of drug-likeness (QED) is 0.0196. The van der Waals surface area contributed by atoms with E-state index in [9.17, 15) is 28.8 Å². The van der Waals surface area contributed by atoms with Crippen molar-refractivity contribution in [2.45, 2.75) is 138 Å². The van der Waals surface area contributed by atoms with Crippen LogP contribution in [0.3, 0.4) is 0 Å². The van der Waals surface area contributed by atoms with E-state index < -0.39 is 11.9 Å². The first-order valence-corrected chi connectivity index (χ1v) is 34.3. The zero-order valence-electron chi connectivity index (χ0n) is 57.7. The number of aryl methyl sites for hydroxylation is 3. The molecule has 0 aliphatic heterocycles. The number of benzene rings is 4. The first-order chi connectivity index (χ1) is 49.6. The normalized spacial score (nSPS) is 12.2. The summed E-state index contributed by atoms with van der Waals surface area (Å²) in [6.07, 6.45) is 7.91. The van der Waals surface area contributed by atoms with Gasteiger partial charge >= 0.3 is 35.8 Å². The van der Waals surface area contributed by atoms with E-state index in [0.29, 0.717) is 114 Å². The minimum atomic E-state index is -0.426. The lowest BCUT2D eigenvalue weighted by atomic mass is 10.0. The highest BCUT2D eigenvalue weighted by atomic mass is 16.6. The lowest BCUT2D eigenvalue weighted by molar-refractivity contribution is -0.149. The average Bonchev–Trinajstić information content (AvgIpc) is 1.53. The summed E-state index contributed by atoms with van der Waals surface area (Å²) in [7, 11) is 0. The van der Waals surface area contributed by atoms with E-state index in [1.807, 2.05) is 71.9 Å². The third kappa shape index (κ3) is 20.9. The molecular weight excluding hydrogens is 1320 g/mol. The summed E-state index contributed by atoms with van der Waals surface area (Å²) in [5, 5.41) is 21.4. The molecule has 3 atom stereocenters. The van der Waals surface area contributed by atoms with Crippen molar-refractivity contribution >= 4 is 35.8 Å². The fourth-order valence-electron chi connectivity index (χ4n) is 9.89. The third-order valence-corrected chi connectivity index (χ3v) is 16.6. The maximum atomic E-state index is 12.6. The van der Waals surface area contributed by atoms with Gasteiger partial charge in [0, 0.05) is 69.3 Å². The summed E-state index contributed by atoms with van der Waals surface area (Å²) >= 11 is 0. The average molecular weight is 1400 g/mol. The maximum absolute atomic E-state index is 12.6. The summed E-state index contributed by atoms with van der Waals surface area (Å²) in [5.74, 6) is 0.294. The van der Waals surface area contributed by atoms with Gasteiger partial charge in [-0.3, -0.25) is 28.8 Å². The standard InChI is InChI=1S/C74H80N10O18/c1-7-45(4)72(88)94-34-13-10-31-91-61(85)28-25-58-43-57(44-97-58)48-19-16-20-49(37-48)66-77-69(100-82-66)54-40-55(70-78-67(83-101-70)52-23-17-21-50(38-52)64-75-59(98-80-64)26-29-62(86)92-32-11-14-35-95-73(89)46(5)8-2)42-56(41-54)71-79-68(84-102-71)53-24-18-22-51(39-53)65-76-60(99-81-65)27-30-63(87)93-33-12-15-36-96-74(90)47(6)9-3/h16-24,37-47H,7-15,25-36H2,1-6H3. The predicted molar refractivity (Wildman–Crippen MR) is 364 cm³/mol. The first-order valence-electron chi connectivity index (χ1n) is 34.3. The van der Waals surface area contributed by atoms with Crippen LogP contribution in [0.15, 0.2) is 130 Å². The molecule has 6 aromatic heterocycles. The first kappa shape index (κ1) is 73.4. The summed E-state index contributed by atoms with van der Waals surface area (Å²) < 4.78 is 66.7. The summed E-state index contributed by atoms with van der Waals surface area (Å²) in [6.45, 7) is 12.7. The number of aromatic nitrogens is 10. The van der Waals surface area contributed by atoms with Gasteiger partial charge in [-0.1, -0.05) is 122 Å². The molecule has 534 valence electrons. The zero-order chi connectivity index (χ0) is 71.7. The number of rotatable bonds is 39. The molecule has 10 aromatic rings. The number of carbonyl (C=O) groups is 6. The van der Waals surface area contributed by atoms with Gasteiger partial charge in [0.25, 0.3) is 17.7 Å². The smallest absolute Gasteiger partial charge is 0.308 e. The Morgan fingerprint density at radius 2 is 0.637 bits per heavy atom. The van der Waals surface area contributed by atoms with E-state index in [4.69, 9.17) is 70.4 Å². The van der Waals surface area contributed by atoms with Crippen molar-refractivity contribution in [1.29, 1.82) is 0 Å². The summed E-state index contributed by atoms with van der Waals surface area (Å²) in [4.78, 5) is 96.9. The molecule has 0 spiro atoms. The number of esters is 6. The van der Waals surface area contributed by atoms with Crippen LogP contribution in [-0.2, 0) is 76.5 Å². The summed E-state index contributed by atoms with van der Waals surface area (Å²) in [6, 6.07) is 28.9. The Morgan fingerprint density at radius 1 is 0.343 bits per heavy atom. The van der Waals surface area contributed by atoms with E-state index in [0.717, 1.165) is 11.1 Å². The molecule has 6 heterocycles. The number of carbonyl (C=O) groups excluding carboxylic acids is 6. The highest BCUT2D eigenvalue weighted by Crippen LogP contribution is 2.36. The minimum absolute atomic E-state index is 0.0184. The molecule has 0 N–H and O–H groups in total. The van der Waals surface area contributed by atoms with Gasteiger partial charge < -0.3 is 55.5 Å². The highest BCUT2D eigenvalue weighted by Gasteiger charge is 2.24. The maximum Gasteiger partial charge on any atom is 0.308 e. The van der Waals surface area contributed by atoms with Crippen LogP contribution in [0.4, 0.5) is 0 Å². The van der Waals surface area contributed by atoms with Crippen LogP contribution in [0.5, 0.6) is 0 Å². The van der Waals surface area contributed by atoms with Gasteiger partial charge in [-0.2, -0.15) is 24.9 Å². The Kier molecular flexibility index (Phi) is 26.4. The molecule has 102 heavy (non-hydrogen) atoms. The molecule has 10 rings (SSSR count). The van der Waals surface area contributed by atoms with Crippen molar-refractivity contribution < 1.29 is 84.2 Å². The predicted octanol–water partition coefficient (Wildman–Crippen LogP) is 13.7. The Balaban J connectivity index is 0.819. The Morgan fingerprint density at radius 3 is 0.990 bits per heavy atom. The van der Waals surface area contributed by atoms with E-state index >= 15 is 0 Å². The number of ether oxygens (including phenoxy) is 6. The largest absolute Gasteiger partial charge is 0.469 e. The molecule has 28 heteroatoms. The Labute approximate surface area is 586 Å². The highest BCUT2D eigenvalue weighted by molar-refractivity contribution is 5.78. The van der Waals surface area contributed by atoms with Crippen LogP contribution in [0.2, 0.25) is 0 Å². The van der Waals surface area contributed by atoms with Crippen LogP contribution < -0.4 is 0 Å². The number of unbranched alkanes of at least 4 members (excludes halogenated alkanes) is 3. The molecule has 0 aliphatic carbocycles. The number of hydrogen-bond acceptors (Lipinski definition) is 28. The molecule has 0 saturated heterocycles. The monoisotopic (exact) mass is 1400 g/mol. The molecule has 0 radical (unpaired) electrons. The van der Waals surface area contributed by atoms with E-state index in [1.54, 1.807) is 73.0 Å². The Bertz CT molecular complexity index is 3980. The fraction of sp³-hybridized carbons (Fsp3) is 0.405. The number of nitrogens with zero attached hydrogens (tertiary/aromatic N) is 10. The van der Waals surface area contributed by atoms with Crippen molar-refractivity contribution in [1.82, 2.24) is 50.7 Å². The molecule has 28 nitrogen and oxygen atoms in total. The van der Waals surface area contributed by atoms with Gasteiger partial charge in [-0.15, -0.1) is 0 Å². The molecule has 0 bridgehead atoms. The van der Waals surface area contributed by atoms with Gasteiger partial charge in [-0.05, 0) is 106 Å². The van der Waals surface area contributed by atoms with Gasteiger partial charge in [0.05, 0.1) is 82.9 Å². The lowest BCUT2D eigenvalue weighted by Gasteiger charge is -2.09. The van der Waals surface area contributed by atoms with Gasteiger partial charge in [0.2, 0.25) is 40.9 Å². The van der Waals surface area contributed by atoms with E-state index in [1.165, 1.54) is 0 Å². The molecular formula is C74H80N10O18. The van der Waals surface area contributed by atoms with Crippen LogP contribution in [0.1, 0.15) is 136 Å². The topological polar surface area (TPSA) is 366 Å². The van der Waals surface area contributed by atoms with Crippen LogP contribution >= 0.6 is 0 Å². The van der Waals surface area contributed by atoms with Crippen molar-refractivity contribution in [3.63, 3.8) is 0 Å². The number of hydrogen-bond donors (Lipinski definition) is 0. The molecule has 0 amide bonds. The Hall–Kier alpha value is -11.3. The van der Waals surface area contributed by atoms with Gasteiger partial charge in [-0.25, -0.2) is 0 Å².